The van der Waals surface area contributed by atoms with E-state index in [2.05, 4.69) is 0 Å². The van der Waals surface area contributed by atoms with Crippen molar-refractivity contribution < 1.29 is 269 Å². The third-order valence-corrected chi connectivity index (χ3v) is 18.7. The summed E-state index contributed by atoms with van der Waals surface area (Å²) in [7, 11) is 0. The minimum atomic E-state index is -8.95. The van der Waals surface area contributed by atoms with Crippen LogP contribution in [0.15, 0.2) is 48.5 Å². The number of hydrogen-bond acceptors (Lipinski definition) is 8. The van der Waals surface area contributed by atoms with E-state index in [1.165, 1.54) is 0 Å². The molecular weight excluding hydrogens is 1840 g/mol. The van der Waals surface area contributed by atoms with Gasteiger partial charge in [-0.2, -0.15) is 228 Å². The van der Waals surface area contributed by atoms with Crippen molar-refractivity contribution >= 4 is 0 Å². The van der Waals surface area contributed by atoms with Crippen LogP contribution in [-0.2, 0) is 0 Å². The van der Waals surface area contributed by atoms with Crippen LogP contribution in [0.4, 0.5) is 228 Å². The summed E-state index contributed by atoms with van der Waals surface area (Å²) in [6.45, 7) is 0. The first kappa shape index (κ1) is 102. The molecule has 8 N–H and O–H groups in total. The molecule has 8 bridgehead atoms. The van der Waals surface area contributed by atoms with E-state index >= 15 is 105 Å². The van der Waals surface area contributed by atoms with E-state index < -0.39 is 357 Å². The van der Waals surface area contributed by atoms with Gasteiger partial charge in [-0.15, -0.1) is 0 Å². The molecule has 4 aromatic carbocycles. The van der Waals surface area contributed by atoms with E-state index in [1.807, 2.05) is 0 Å². The predicted octanol–water partition coefficient (Wildman–Crippen LogP) is 24.2. The van der Waals surface area contributed by atoms with Crippen LogP contribution in [0.5, 0.6) is 46.0 Å². The van der Waals surface area contributed by atoms with Gasteiger partial charge in [0.05, 0.1) is 0 Å². The van der Waals surface area contributed by atoms with E-state index in [0.29, 0.717) is 0 Å². The summed E-state index contributed by atoms with van der Waals surface area (Å²) < 4.78 is 756. The number of halogens is 52. The lowest BCUT2D eigenvalue weighted by molar-refractivity contribution is -0.440. The second kappa shape index (κ2) is 29.7. The second-order valence-corrected chi connectivity index (χ2v) is 26.2. The molecule has 0 heterocycles. The zero-order chi connectivity index (χ0) is 94.9. The van der Waals surface area contributed by atoms with Crippen LogP contribution < -0.4 is 0 Å². The molecule has 1 aliphatic rings. The molecule has 688 valence electrons. The Morgan fingerprint density at radius 1 is 0.150 bits per heavy atom. The van der Waals surface area contributed by atoms with Crippen LogP contribution in [-0.4, -0.2) is 184 Å². The molecule has 0 saturated heterocycles. The van der Waals surface area contributed by atoms with E-state index in [4.69, 9.17) is 0 Å². The molecule has 1 aliphatic carbocycles. The summed E-state index contributed by atoms with van der Waals surface area (Å²) in [5.41, 5.74) is -18.8. The average Bonchev–Trinajstić information content (AvgIpc) is 0.721. The van der Waals surface area contributed by atoms with E-state index in [1.54, 1.807) is 0 Å². The Kier molecular flexibility index (Phi) is 25.3. The topological polar surface area (TPSA) is 162 Å². The molecule has 0 spiro atoms. The fourth-order valence-electron chi connectivity index (χ4n) is 11.7. The van der Waals surface area contributed by atoms with Gasteiger partial charge in [0.25, 0.3) is 0 Å². The average molecular weight is 1870 g/mol. The fraction of sp³-hybridized carbons (Fsp3) is 0.600. The van der Waals surface area contributed by atoms with Crippen LogP contribution in [0.3, 0.4) is 0 Å². The molecule has 0 radical (unpaired) electrons. The van der Waals surface area contributed by atoms with Crippen LogP contribution >= 0.6 is 0 Å². The lowest BCUT2D eigenvalue weighted by Crippen LogP contribution is -2.70. The summed E-state index contributed by atoms with van der Waals surface area (Å²) in [5, 5.41) is 90.8. The largest absolute Gasteiger partial charge is 0.508 e. The van der Waals surface area contributed by atoms with Gasteiger partial charge in [-0.25, -0.2) is 0 Å². The summed E-state index contributed by atoms with van der Waals surface area (Å²) in [4.78, 5) is 0. The first-order chi connectivity index (χ1) is 52.5. The number of fused-ring (bicyclic) bond motifs is 8. The molecule has 0 amide bonds. The van der Waals surface area contributed by atoms with Gasteiger partial charge in [0, 0.05) is 118 Å². The van der Waals surface area contributed by atoms with E-state index in [0.717, 1.165) is 0 Å². The number of hydrogen-bond donors (Lipinski definition) is 8. The minimum Gasteiger partial charge on any atom is -0.508 e. The van der Waals surface area contributed by atoms with Gasteiger partial charge in [-0.3, -0.25) is 0 Å². The third kappa shape index (κ3) is 15.2. The number of phenolic OH excluding ortho intramolecular Hbond substituents is 8. The Labute approximate surface area is 626 Å². The van der Waals surface area contributed by atoms with Crippen molar-refractivity contribution in [1.82, 2.24) is 0 Å². The van der Waals surface area contributed by atoms with Crippen molar-refractivity contribution in [1.29, 1.82) is 0 Å². The molecular formula is C60H36F52O8. The first-order valence-corrected chi connectivity index (χ1v) is 30.6. The highest BCUT2D eigenvalue weighted by Gasteiger charge is 2.95. The standard InChI is InChI=1S/C60H36F52O8/c61-37(62,41(69,70)45(77,78)49(85,86)53(93,94)57(101,102)103)5-1-17-21-9-23(31(115)13-29(21)113)18(2-6-38(63,64)42(71,72)46(79,80)50(87,88)54(95,96)58(104,105)106)25-11-27(35(119)15-33(25)117)20(4-8-40(67,68)44(75,76)48(83,84)52(91,92)56(99,100)60(110,111)112)28-12-26(34(118)16-36(28)120)19(24-10-22(17)30(114)14-32(24)116)3-7-39(65,66)43(73,74)47(81,82)51(89,90)55(97,98)59(107,108)109/h9-20,113-120H,1-8H2. The maximum Gasteiger partial charge on any atom is 0.460 e. The maximum absolute atomic E-state index is 16.0. The lowest BCUT2D eigenvalue weighted by Gasteiger charge is -2.40. The fourth-order valence-corrected chi connectivity index (χ4v) is 11.7. The number of rotatable bonds is 28. The Hall–Kier alpha value is -8.36. The number of phenols is 8. The van der Waals surface area contributed by atoms with Gasteiger partial charge in [-0.1, -0.05) is 0 Å². The molecule has 0 unspecified atom stereocenters. The molecule has 4 aromatic rings. The highest BCUT2D eigenvalue weighted by atomic mass is 19.5. The van der Waals surface area contributed by atoms with Crippen molar-refractivity contribution in [2.75, 3.05) is 0 Å². The Bertz CT molecular complexity index is 3760. The molecule has 5 rings (SSSR count). The molecule has 0 aromatic heterocycles. The maximum atomic E-state index is 16.0. The highest BCUT2D eigenvalue weighted by molar-refractivity contribution is 5.62. The van der Waals surface area contributed by atoms with Gasteiger partial charge in [0.2, 0.25) is 0 Å². The van der Waals surface area contributed by atoms with Crippen LogP contribution in [0.2, 0.25) is 0 Å². The summed E-state index contributed by atoms with van der Waals surface area (Å²) in [6, 6.07) is -6.26. The SMILES string of the molecule is Oc1cc(O)c2cc1C(CCC(F)(F)C(F)(F)C(F)(F)C(F)(F)C(F)(F)C(F)(F)F)c1cc(c(O)cc1O)C(CCC(F)(F)C(F)(F)C(F)(F)C(F)(F)C(F)(F)C(F)(F)F)c1cc(c(O)cc1O)C(CCC(F)(F)C(F)(F)C(F)(F)C(F)(F)C(F)(F)C(F)(F)F)c1cc(c(O)cc1O)C2CCC(F)(F)C(F)(F)C(F)(F)C(F)(F)C(F)(F)C(F)(F)F. The van der Waals surface area contributed by atoms with Gasteiger partial charge in [0.15, 0.2) is 0 Å². The van der Waals surface area contributed by atoms with E-state index in [-0.39, 0.29) is 0 Å². The van der Waals surface area contributed by atoms with Crippen LogP contribution in [0.25, 0.3) is 0 Å². The zero-order valence-corrected chi connectivity index (χ0v) is 55.8. The Morgan fingerprint density at radius 3 is 0.350 bits per heavy atom. The molecule has 120 heavy (non-hydrogen) atoms. The van der Waals surface area contributed by atoms with Gasteiger partial charge < -0.3 is 40.9 Å². The van der Waals surface area contributed by atoms with Gasteiger partial charge in [-0.05, 0) is 49.9 Å². The van der Waals surface area contributed by atoms with E-state index in [9.17, 15) is 164 Å². The minimum absolute atomic E-state index is 0.781. The molecule has 8 nitrogen and oxygen atoms in total. The predicted molar refractivity (Wildman–Crippen MR) is 287 cm³/mol. The number of alkyl halides is 52. The third-order valence-electron chi connectivity index (χ3n) is 18.7. The van der Waals surface area contributed by atoms with Crippen molar-refractivity contribution in [2.45, 2.75) is 218 Å². The lowest BCUT2D eigenvalue weighted by atomic mass is 9.75. The molecule has 0 fully saturated rings. The molecule has 0 aliphatic heterocycles. The van der Waals surface area contributed by atoms with Gasteiger partial charge in [0.1, 0.15) is 46.0 Å². The molecule has 0 atom stereocenters. The number of benzene rings is 4. The quantitative estimate of drug-likeness (QED) is 0.0261. The zero-order valence-electron chi connectivity index (χ0n) is 55.8. The number of aromatic hydroxyl groups is 8. The van der Waals surface area contributed by atoms with Crippen LogP contribution in [0.1, 0.15) is 120 Å². The van der Waals surface area contributed by atoms with Crippen molar-refractivity contribution in [3.63, 3.8) is 0 Å². The Morgan fingerprint density at radius 2 is 0.250 bits per heavy atom. The second-order valence-electron chi connectivity index (χ2n) is 26.2. The normalized spacial score (nSPS) is 18.4. The smallest absolute Gasteiger partial charge is 0.460 e. The summed E-state index contributed by atoms with van der Waals surface area (Å²) in [5.74, 6) is -207. The van der Waals surface area contributed by atoms with Crippen molar-refractivity contribution in [3.05, 3.63) is 93.0 Å². The highest BCUT2D eigenvalue weighted by Crippen LogP contribution is 2.68. The molecule has 60 heteroatoms. The van der Waals surface area contributed by atoms with Crippen LogP contribution in [0, 0.1) is 0 Å². The Balaban J connectivity index is 2.15. The summed E-state index contributed by atoms with van der Waals surface area (Å²) in [6.07, 6.45) is -61.3. The molecule has 0 saturated carbocycles. The monoisotopic (exact) mass is 1870 g/mol. The van der Waals surface area contributed by atoms with Crippen molar-refractivity contribution in [2.24, 2.45) is 0 Å². The van der Waals surface area contributed by atoms with Crippen molar-refractivity contribution in [3.8, 4) is 46.0 Å². The summed E-state index contributed by atoms with van der Waals surface area (Å²) >= 11 is 0. The van der Waals surface area contributed by atoms with Gasteiger partial charge >= 0.3 is 143 Å². The first-order valence-electron chi connectivity index (χ1n) is 30.6.